The van der Waals surface area contributed by atoms with E-state index < -0.39 is 29.5 Å². The van der Waals surface area contributed by atoms with E-state index in [0.29, 0.717) is 0 Å². The van der Waals surface area contributed by atoms with Crippen molar-refractivity contribution >= 4 is 11.9 Å². The Labute approximate surface area is 120 Å². The SMILES string of the molecule is CC(CCNC(=O)Cc1cccc(C(F)(F)F)c1)C(=O)O. The molecular formula is C14H16F3NO3. The highest BCUT2D eigenvalue weighted by atomic mass is 19.4. The van der Waals surface area contributed by atoms with E-state index in [0.717, 1.165) is 12.1 Å². The average molecular weight is 303 g/mol. The minimum Gasteiger partial charge on any atom is -0.481 e. The van der Waals surface area contributed by atoms with Gasteiger partial charge >= 0.3 is 12.1 Å². The molecule has 1 atom stereocenters. The van der Waals surface area contributed by atoms with Crippen LogP contribution in [0.15, 0.2) is 24.3 Å². The highest BCUT2D eigenvalue weighted by molar-refractivity contribution is 5.78. The molecule has 116 valence electrons. The molecule has 7 heteroatoms. The van der Waals surface area contributed by atoms with Crippen molar-refractivity contribution in [3.05, 3.63) is 35.4 Å². The second-order valence-corrected chi connectivity index (χ2v) is 4.75. The van der Waals surface area contributed by atoms with Crippen molar-refractivity contribution in [2.75, 3.05) is 6.54 Å². The number of benzene rings is 1. The Morgan fingerprint density at radius 3 is 2.57 bits per heavy atom. The lowest BCUT2D eigenvalue weighted by Crippen LogP contribution is -2.28. The number of halogens is 3. The number of carboxylic acids is 1. The Morgan fingerprint density at radius 1 is 1.33 bits per heavy atom. The Kier molecular flexibility index (Phi) is 5.75. The molecule has 0 fully saturated rings. The first-order valence-corrected chi connectivity index (χ1v) is 6.36. The summed E-state index contributed by atoms with van der Waals surface area (Å²) in [6.45, 7) is 1.69. The van der Waals surface area contributed by atoms with Crippen LogP contribution in [-0.4, -0.2) is 23.5 Å². The fraction of sp³-hybridized carbons (Fsp3) is 0.429. The van der Waals surface area contributed by atoms with E-state index in [2.05, 4.69) is 5.32 Å². The quantitative estimate of drug-likeness (QED) is 0.848. The molecule has 1 amide bonds. The number of amides is 1. The summed E-state index contributed by atoms with van der Waals surface area (Å²) in [6, 6.07) is 4.56. The lowest BCUT2D eigenvalue weighted by atomic mass is 10.1. The zero-order valence-electron chi connectivity index (χ0n) is 11.4. The van der Waals surface area contributed by atoms with Crippen molar-refractivity contribution in [3.63, 3.8) is 0 Å². The number of alkyl halides is 3. The summed E-state index contributed by atoms with van der Waals surface area (Å²) in [5.74, 6) is -1.98. The molecule has 1 rings (SSSR count). The van der Waals surface area contributed by atoms with Crippen LogP contribution >= 0.6 is 0 Å². The van der Waals surface area contributed by atoms with E-state index in [-0.39, 0.29) is 24.9 Å². The lowest BCUT2D eigenvalue weighted by molar-refractivity contribution is -0.141. The topological polar surface area (TPSA) is 66.4 Å². The van der Waals surface area contributed by atoms with Crippen LogP contribution in [0.2, 0.25) is 0 Å². The summed E-state index contributed by atoms with van der Waals surface area (Å²) in [5, 5.41) is 11.2. The van der Waals surface area contributed by atoms with Crippen LogP contribution in [0.3, 0.4) is 0 Å². The Bertz CT molecular complexity index is 514. The molecule has 1 aromatic carbocycles. The van der Waals surface area contributed by atoms with Gasteiger partial charge in [-0.15, -0.1) is 0 Å². The van der Waals surface area contributed by atoms with Gasteiger partial charge in [-0.1, -0.05) is 25.1 Å². The number of carboxylic acid groups (broad SMARTS) is 1. The lowest BCUT2D eigenvalue weighted by Gasteiger charge is -2.10. The maximum absolute atomic E-state index is 12.5. The number of hydrogen-bond donors (Lipinski definition) is 2. The molecular weight excluding hydrogens is 287 g/mol. The van der Waals surface area contributed by atoms with Gasteiger partial charge in [0.05, 0.1) is 17.9 Å². The fourth-order valence-electron chi connectivity index (χ4n) is 1.66. The number of aliphatic carboxylic acids is 1. The van der Waals surface area contributed by atoms with E-state index in [4.69, 9.17) is 5.11 Å². The third-order valence-electron chi connectivity index (χ3n) is 2.94. The molecule has 2 N–H and O–H groups in total. The Morgan fingerprint density at radius 2 is 2.00 bits per heavy atom. The molecule has 0 bridgehead atoms. The van der Waals surface area contributed by atoms with Gasteiger partial charge in [0.25, 0.3) is 0 Å². The molecule has 0 aliphatic carbocycles. The van der Waals surface area contributed by atoms with E-state index in [9.17, 15) is 22.8 Å². The summed E-state index contributed by atoms with van der Waals surface area (Å²) < 4.78 is 37.5. The van der Waals surface area contributed by atoms with Crippen LogP contribution in [-0.2, 0) is 22.2 Å². The van der Waals surface area contributed by atoms with Gasteiger partial charge in [0, 0.05) is 6.54 Å². The predicted octanol–water partition coefficient (Wildman–Crippen LogP) is 2.47. The second kappa shape index (κ2) is 7.10. The van der Waals surface area contributed by atoms with Gasteiger partial charge in [-0.3, -0.25) is 9.59 Å². The van der Waals surface area contributed by atoms with Crippen LogP contribution in [0.5, 0.6) is 0 Å². The number of hydrogen-bond acceptors (Lipinski definition) is 2. The van der Waals surface area contributed by atoms with Crippen LogP contribution in [0.1, 0.15) is 24.5 Å². The van der Waals surface area contributed by atoms with Crippen LogP contribution in [0, 0.1) is 5.92 Å². The van der Waals surface area contributed by atoms with Crippen LogP contribution in [0.4, 0.5) is 13.2 Å². The molecule has 1 aromatic rings. The molecule has 0 heterocycles. The standard InChI is InChI=1S/C14H16F3NO3/c1-9(13(20)21)5-6-18-12(19)8-10-3-2-4-11(7-10)14(15,16)17/h2-4,7,9H,5-6,8H2,1H3,(H,18,19)(H,20,21). The second-order valence-electron chi connectivity index (χ2n) is 4.75. The van der Waals surface area contributed by atoms with Gasteiger partial charge in [-0.05, 0) is 18.1 Å². The minimum absolute atomic E-state index is 0.172. The number of nitrogens with one attached hydrogen (secondary N) is 1. The summed E-state index contributed by atoms with van der Waals surface area (Å²) in [7, 11) is 0. The molecule has 4 nitrogen and oxygen atoms in total. The normalized spacial score (nSPS) is 12.8. The zero-order valence-corrected chi connectivity index (χ0v) is 11.4. The Hall–Kier alpha value is -2.05. The van der Waals surface area contributed by atoms with Crippen LogP contribution < -0.4 is 5.32 Å². The summed E-state index contributed by atoms with van der Waals surface area (Å²) >= 11 is 0. The van der Waals surface area contributed by atoms with Crippen molar-refractivity contribution < 1.29 is 27.9 Å². The van der Waals surface area contributed by atoms with Gasteiger partial charge in [-0.25, -0.2) is 0 Å². The molecule has 21 heavy (non-hydrogen) atoms. The predicted molar refractivity (Wildman–Crippen MR) is 69.6 cm³/mol. The van der Waals surface area contributed by atoms with E-state index >= 15 is 0 Å². The van der Waals surface area contributed by atoms with Gasteiger partial charge in [0.15, 0.2) is 0 Å². The van der Waals surface area contributed by atoms with Crippen molar-refractivity contribution in [2.45, 2.75) is 25.9 Å². The van der Waals surface area contributed by atoms with Crippen molar-refractivity contribution in [1.29, 1.82) is 0 Å². The summed E-state index contributed by atoms with van der Waals surface area (Å²) in [6.07, 6.45) is -4.35. The third kappa shape index (κ3) is 5.85. The summed E-state index contributed by atoms with van der Waals surface area (Å²) in [4.78, 5) is 22.2. The number of rotatable bonds is 6. The molecule has 0 spiro atoms. The third-order valence-corrected chi connectivity index (χ3v) is 2.94. The molecule has 0 aromatic heterocycles. The molecule has 0 aliphatic heterocycles. The molecule has 0 radical (unpaired) electrons. The van der Waals surface area contributed by atoms with Crippen molar-refractivity contribution in [1.82, 2.24) is 5.32 Å². The number of carbonyl (C=O) groups is 2. The highest BCUT2D eigenvalue weighted by Gasteiger charge is 2.30. The maximum atomic E-state index is 12.5. The van der Waals surface area contributed by atoms with Crippen molar-refractivity contribution in [2.24, 2.45) is 5.92 Å². The fourth-order valence-corrected chi connectivity index (χ4v) is 1.66. The monoisotopic (exact) mass is 303 g/mol. The Balaban J connectivity index is 2.50. The molecule has 0 saturated heterocycles. The van der Waals surface area contributed by atoms with E-state index in [1.807, 2.05) is 0 Å². The van der Waals surface area contributed by atoms with Gasteiger partial charge in [0.2, 0.25) is 5.91 Å². The first-order chi connectivity index (χ1) is 9.70. The highest BCUT2D eigenvalue weighted by Crippen LogP contribution is 2.29. The molecule has 1 unspecified atom stereocenters. The van der Waals surface area contributed by atoms with Crippen LogP contribution in [0.25, 0.3) is 0 Å². The van der Waals surface area contributed by atoms with E-state index in [1.165, 1.54) is 19.1 Å². The van der Waals surface area contributed by atoms with Gasteiger partial charge in [-0.2, -0.15) is 13.2 Å². The maximum Gasteiger partial charge on any atom is 0.416 e. The first kappa shape index (κ1) is 17.0. The first-order valence-electron chi connectivity index (χ1n) is 6.36. The van der Waals surface area contributed by atoms with E-state index in [1.54, 1.807) is 0 Å². The molecule has 0 saturated carbocycles. The zero-order chi connectivity index (χ0) is 16.0. The van der Waals surface area contributed by atoms with Crippen molar-refractivity contribution in [3.8, 4) is 0 Å². The summed E-state index contributed by atoms with van der Waals surface area (Å²) in [5.41, 5.74) is -0.541. The number of carbonyl (C=O) groups excluding carboxylic acids is 1. The molecule has 0 aliphatic rings. The minimum atomic E-state index is -4.44. The van der Waals surface area contributed by atoms with Gasteiger partial charge < -0.3 is 10.4 Å². The largest absolute Gasteiger partial charge is 0.481 e. The van der Waals surface area contributed by atoms with Gasteiger partial charge in [0.1, 0.15) is 0 Å². The smallest absolute Gasteiger partial charge is 0.416 e. The average Bonchev–Trinajstić information content (AvgIpc) is 2.37.